The lowest BCUT2D eigenvalue weighted by Crippen LogP contribution is -2.22. The maximum absolute atomic E-state index is 13.5. The van der Waals surface area contributed by atoms with Crippen molar-refractivity contribution in [3.05, 3.63) is 47.3 Å². The van der Waals surface area contributed by atoms with Crippen molar-refractivity contribution in [2.45, 2.75) is 38.9 Å². The molecule has 0 radical (unpaired) electrons. The number of aryl methyl sites for hydroxylation is 1. The van der Waals surface area contributed by atoms with Gasteiger partial charge in [0, 0.05) is 25.1 Å². The molecule has 1 aliphatic rings. The molecule has 2 aromatic rings. The zero-order valence-electron chi connectivity index (χ0n) is 10.9. The van der Waals surface area contributed by atoms with Gasteiger partial charge in [-0.05, 0) is 19.4 Å². The summed E-state index contributed by atoms with van der Waals surface area (Å²) in [5.41, 5.74) is 0.676. The number of hydrogen-bond donors (Lipinski definition) is 1. The van der Waals surface area contributed by atoms with Crippen molar-refractivity contribution in [2.75, 3.05) is 0 Å². The SMILES string of the molecule is CC(NCc1ccccc1F)c1nnc2n1CCC2. The first-order valence-electron chi connectivity index (χ1n) is 6.64. The third kappa shape index (κ3) is 2.38. The highest BCUT2D eigenvalue weighted by Gasteiger charge is 2.20. The molecule has 0 saturated carbocycles. The van der Waals surface area contributed by atoms with Crippen molar-refractivity contribution in [3.8, 4) is 0 Å². The van der Waals surface area contributed by atoms with Crippen LogP contribution in [0.15, 0.2) is 24.3 Å². The van der Waals surface area contributed by atoms with Gasteiger partial charge >= 0.3 is 0 Å². The lowest BCUT2D eigenvalue weighted by Gasteiger charge is -2.14. The van der Waals surface area contributed by atoms with Crippen LogP contribution in [0.2, 0.25) is 0 Å². The number of fused-ring (bicyclic) bond motifs is 1. The van der Waals surface area contributed by atoms with Gasteiger partial charge in [-0.25, -0.2) is 4.39 Å². The van der Waals surface area contributed by atoms with Crippen molar-refractivity contribution in [2.24, 2.45) is 0 Å². The van der Waals surface area contributed by atoms with E-state index in [1.165, 1.54) is 6.07 Å². The van der Waals surface area contributed by atoms with E-state index in [1.807, 2.05) is 13.0 Å². The summed E-state index contributed by atoms with van der Waals surface area (Å²) in [6.07, 6.45) is 2.14. The summed E-state index contributed by atoms with van der Waals surface area (Å²) in [7, 11) is 0. The lowest BCUT2D eigenvalue weighted by atomic mass is 10.2. The van der Waals surface area contributed by atoms with Crippen LogP contribution in [0.3, 0.4) is 0 Å². The highest BCUT2D eigenvalue weighted by atomic mass is 19.1. The Morgan fingerprint density at radius 2 is 2.21 bits per heavy atom. The Kier molecular flexibility index (Phi) is 3.29. The molecule has 19 heavy (non-hydrogen) atoms. The fourth-order valence-electron chi connectivity index (χ4n) is 2.49. The molecule has 0 fully saturated rings. The lowest BCUT2D eigenvalue weighted by molar-refractivity contribution is 0.503. The molecule has 1 atom stereocenters. The molecule has 1 aromatic heterocycles. The summed E-state index contributed by atoms with van der Waals surface area (Å²) < 4.78 is 15.7. The van der Waals surface area contributed by atoms with Crippen LogP contribution in [-0.2, 0) is 19.5 Å². The van der Waals surface area contributed by atoms with E-state index in [2.05, 4.69) is 20.1 Å². The molecule has 0 amide bonds. The van der Waals surface area contributed by atoms with Gasteiger partial charge in [0.2, 0.25) is 0 Å². The van der Waals surface area contributed by atoms with Gasteiger partial charge in [-0.1, -0.05) is 18.2 Å². The van der Waals surface area contributed by atoms with Gasteiger partial charge in [0.15, 0.2) is 0 Å². The molecule has 0 saturated heterocycles. The van der Waals surface area contributed by atoms with Crippen molar-refractivity contribution >= 4 is 0 Å². The second-order valence-corrected chi connectivity index (χ2v) is 4.92. The number of benzene rings is 1. The average Bonchev–Trinajstić information content (AvgIpc) is 2.99. The molecule has 0 bridgehead atoms. The molecule has 100 valence electrons. The van der Waals surface area contributed by atoms with Crippen LogP contribution in [0.4, 0.5) is 4.39 Å². The summed E-state index contributed by atoms with van der Waals surface area (Å²) in [4.78, 5) is 0. The number of nitrogens with zero attached hydrogens (tertiary/aromatic N) is 3. The zero-order chi connectivity index (χ0) is 13.2. The van der Waals surface area contributed by atoms with Gasteiger partial charge < -0.3 is 9.88 Å². The molecule has 5 heteroatoms. The average molecular weight is 260 g/mol. The Morgan fingerprint density at radius 3 is 3.05 bits per heavy atom. The monoisotopic (exact) mass is 260 g/mol. The van der Waals surface area contributed by atoms with Crippen molar-refractivity contribution < 1.29 is 4.39 Å². The van der Waals surface area contributed by atoms with Crippen LogP contribution in [0.25, 0.3) is 0 Å². The zero-order valence-corrected chi connectivity index (χ0v) is 10.9. The van der Waals surface area contributed by atoms with Crippen LogP contribution in [-0.4, -0.2) is 14.8 Å². The highest BCUT2D eigenvalue weighted by Crippen LogP contribution is 2.19. The van der Waals surface area contributed by atoms with E-state index >= 15 is 0 Å². The van der Waals surface area contributed by atoms with E-state index in [9.17, 15) is 4.39 Å². The first-order valence-corrected chi connectivity index (χ1v) is 6.64. The Morgan fingerprint density at radius 1 is 1.37 bits per heavy atom. The van der Waals surface area contributed by atoms with E-state index in [-0.39, 0.29) is 11.9 Å². The minimum absolute atomic E-state index is 0.0685. The van der Waals surface area contributed by atoms with Crippen LogP contribution in [0.5, 0.6) is 0 Å². The Hall–Kier alpha value is -1.75. The number of nitrogens with one attached hydrogen (secondary N) is 1. The number of rotatable bonds is 4. The topological polar surface area (TPSA) is 42.7 Å². The van der Waals surface area contributed by atoms with E-state index in [0.29, 0.717) is 12.1 Å². The van der Waals surface area contributed by atoms with E-state index in [4.69, 9.17) is 0 Å². The molecular formula is C14H17FN4. The molecule has 1 unspecified atom stereocenters. The summed E-state index contributed by atoms with van der Waals surface area (Å²) in [5, 5.41) is 11.7. The summed E-state index contributed by atoms with van der Waals surface area (Å²) in [6, 6.07) is 6.89. The minimum atomic E-state index is -0.173. The van der Waals surface area contributed by atoms with Crippen molar-refractivity contribution in [1.29, 1.82) is 0 Å². The largest absolute Gasteiger partial charge is 0.314 e. The van der Waals surface area contributed by atoms with Gasteiger partial charge in [0.05, 0.1) is 6.04 Å². The van der Waals surface area contributed by atoms with Gasteiger partial charge in [-0.15, -0.1) is 10.2 Å². The van der Waals surface area contributed by atoms with E-state index in [1.54, 1.807) is 12.1 Å². The fraction of sp³-hybridized carbons (Fsp3) is 0.429. The molecule has 1 N–H and O–H groups in total. The summed E-state index contributed by atoms with van der Waals surface area (Å²) in [5.74, 6) is 1.84. The third-order valence-corrected chi connectivity index (χ3v) is 3.58. The van der Waals surface area contributed by atoms with Crippen molar-refractivity contribution in [3.63, 3.8) is 0 Å². The molecule has 0 spiro atoms. The molecular weight excluding hydrogens is 243 g/mol. The highest BCUT2D eigenvalue weighted by molar-refractivity contribution is 5.17. The van der Waals surface area contributed by atoms with E-state index < -0.39 is 0 Å². The molecule has 1 aliphatic heterocycles. The quantitative estimate of drug-likeness (QED) is 0.916. The van der Waals surface area contributed by atoms with Crippen LogP contribution in [0.1, 0.15) is 36.6 Å². The Labute approximate surface area is 111 Å². The van der Waals surface area contributed by atoms with Crippen LogP contribution >= 0.6 is 0 Å². The first-order chi connectivity index (χ1) is 9.25. The molecule has 3 rings (SSSR count). The standard InChI is InChI=1S/C14H17FN4/c1-10(14-18-17-13-7-4-8-19(13)14)16-9-11-5-2-3-6-12(11)15/h2-3,5-6,10,16H,4,7-9H2,1H3. The van der Waals surface area contributed by atoms with Gasteiger partial charge in [0.25, 0.3) is 0 Å². The predicted molar refractivity (Wildman–Crippen MR) is 70.0 cm³/mol. The second-order valence-electron chi connectivity index (χ2n) is 4.92. The van der Waals surface area contributed by atoms with Crippen LogP contribution in [0, 0.1) is 5.82 Å². The Bertz CT molecular complexity index is 579. The molecule has 1 aromatic carbocycles. The normalized spacial score (nSPS) is 15.5. The smallest absolute Gasteiger partial charge is 0.149 e. The predicted octanol–water partition coefficient (Wildman–Crippen LogP) is 2.21. The summed E-state index contributed by atoms with van der Waals surface area (Å²) >= 11 is 0. The third-order valence-electron chi connectivity index (χ3n) is 3.58. The first kappa shape index (κ1) is 12.3. The second kappa shape index (κ2) is 5.09. The van der Waals surface area contributed by atoms with Crippen molar-refractivity contribution in [1.82, 2.24) is 20.1 Å². The van der Waals surface area contributed by atoms with Gasteiger partial charge in [0.1, 0.15) is 17.5 Å². The number of aromatic nitrogens is 3. The molecule has 0 aliphatic carbocycles. The number of hydrogen-bond acceptors (Lipinski definition) is 3. The maximum Gasteiger partial charge on any atom is 0.149 e. The van der Waals surface area contributed by atoms with Gasteiger partial charge in [-0.3, -0.25) is 0 Å². The molecule has 4 nitrogen and oxygen atoms in total. The van der Waals surface area contributed by atoms with Gasteiger partial charge in [-0.2, -0.15) is 0 Å². The number of halogens is 1. The fourth-order valence-corrected chi connectivity index (χ4v) is 2.49. The van der Waals surface area contributed by atoms with E-state index in [0.717, 1.165) is 31.0 Å². The molecule has 2 heterocycles. The Balaban J connectivity index is 1.68. The minimum Gasteiger partial charge on any atom is -0.314 e. The maximum atomic E-state index is 13.5. The van der Waals surface area contributed by atoms with Crippen LogP contribution < -0.4 is 5.32 Å². The summed E-state index contributed by atoms with van der Waals surface area (Å²) in [6.45, 7) is 3.52.